The number of hydrogen-bond donors (Lipinski definition) is 2. The summed E-state index contributed by atoms with van der Waals surface area (Å²) in [6.07, 6.45) is -3.07. The van der Waals surface area contributed by atoms with E-state index in [1.54, 1.807) is 13.8 Å². The highest BCUT2D eigenvalue weighted by Crippen LogP contribution is 2.37. The molecule has 51 heavy (non-hydrogen) atoms. The second-order valence-corrected chi connectivity index (χ2v) is 14.4. The minimum Gasteiger partial charge on any atom is -0.463 e. The van der Waals surface area contributed by atoms with E-state index in [-0.39, 0.29) is 42.2 Å². The van der Waals surface area contributed by atoms with Crippen LogP contribution in [0, 0.1) is 5.92 Å². The Morgan fingerprint density at radius 1 is 0.882 bits per heavy atom. The van der Waals surface area contributed by atoms with Gasteiger partial charge in [-0.3, -0.25) is 19.0 Å². The summed E-state index contributed by atoms with van der Waals surface area (Å²) < 4.78 is 52.2. The fourth-order valence-corrected chi connectivity index (χ4v) is 7.28. The van der Waals surface area contributed by atoms with Crippen LogP contribution >= 0.6 is 0 Å². The second-order valence-electron chi connectivity index (χ2n) is 12.6. The third-order valence-corrected chi connectivity index (χ3v) is 9.65. The largest absolute Gasteiger partial charge is 0.463 e. The Bertz CT molecular complexity index is 1900. The van der Waals surface area contributed by atoms with Gasteiger partial charge in [0.05, 0.1) is 18.6 Å². The quantitative estimate of drug-likeness (QED) is 0.134. The molecule has 0 unspecified atom stereocenters. The molecule has 2 N–H and O–H groups in total. The van der Waals surface area contributed by atoms with Crippen LogP contribution in [0.4, 0.5) is 5.82 Å². The van der Waals surface area contributed by atoms with Crippen LogP contribution in [0.1, 0.15) is 63.7 Å². The number of fused-ring (bicyclic) bond motifs is 1. The van der Waals surface area contributed by atoms with E-state index in [9.17, 15) is 22.8 Å². The molecular formula is C35H42N6O9S. The molecule has 0 aliphatic carbocycles. The van der Waals surface area contributed by atoms with Gasteiger partial charge in [0.1, 0.15) is 18.5 Å². The lowest BCUT2D eigenvalue weighted by molar-refractivity contribution is -0.166. The number of carbonyl (C=O) groups excluding carboxylic acids is 3. The number of hydrogen-bond acceptors (Lipinski definition) is 13. The Hall–Kier alpha value is -4.93. The molecular weight excluding hydrogens is 680 g/mol. The normalized spacial score (nSPS) is 19.0. The number of nitrogens with one attached hydrogen (secondary N) is 2. The van der Waals surface area contributed by atoms with Crippen LogP contribution in [0.5, 0.6) is 0 Å². The van der Waals surface area contributed by atoms with E-state index in [0.717, 1.165) is 11.1 Å². The van der Waals surface area contributed by atoms with Crippen LogP contribution in [0.2, 0.25) is 0 Å². The smallest absolute Gasteiger partial charge is 0.303 e. The van der Waals surface area contributed by atoms with Crippen LogP contribution < -0.4 is 10.0 Å². The van der Waals surface area contributed by atoms with Crippen molar-refractivity contribution >= 4 is 44.9 Å². The highest BCUT2D eigenvalue weighted by Gasteiger charge is 2.51. The van der Waals surface area contributed by atoms with E-state index in [1.807, 2.05) is 60.7 Å². The average Bonchev–Trinajstić information content (AvgIpc) is 3.63. The predicted octanol–water partition coefficient (Wildman–Crippen LogP) is 3.47. The third-order valence-electron chi connectivity index (χ3n) is 7.96. The van der Waals surface area contributed by atoms with Crippen LogP contribution in [0.3, 0.4) is 0 Å². The molecule has 2 aromatic heterocycles. The first-order valence-electron chi connectivity index (χ1n) is 16.5. The summed E-state index contributed by atoms with van der Waals surface area (Å²) in [5.41, 5.74) is 2.67. The highest BCUT2D eigenvalue weighted by molar-refractivity contribution is 7.89. The molecule has 2 aromatic carbocycles. The number of imidazole rings is 1. The first-order valence-corrected chi connectivity index (χ1v) is 18.1. The highest BCUT2D eigenvalue weighted by atomic mass is 32.2. The first kappa shape index (κ1) is 37.3. The summed E-state index contributed by atoms with van der Waals surface area (Å²) in [6.45, 7) is 7.10. The number of anilines is 1. The average molecular weight is 723 g/mol. The molecule has 0 saturated carbocycles. The van der Waals surface area contributed by atoms with Gasteiger partial charge in [0.25, 0.3) is 0 Å². The maximum Gasteiger partial charge on any atom is 0.303 e. The number of nitrogens with zero attached hydrogens (tertiary/aromatic N) is 4. The number of ether oxygens (including phenoxy) is 4. The van der Waals surface area contributed by atoms with Gasteiger partial charge >= 0.3 is 17.9 Å². The Morgan fingerprint density at radius 3 is 2.06 bits per heavy atom. The van der Waals surface area contributed by atoms with E-state index < -0.39 is 52.5 Å². The van der Waals surface area contributed by atoms with Gasteiger partial charge in [-0.15, -0.1) is 0 Å². The molecule has 0 radical (unpaired) electrons. The van der Waals surface area contributed by atoms with Crippen molar-refractivity contribution < 1.29 is 41.7 Å². The molecule has 0 amide bonds. The molecule has 3 heterocycles. The van der Waals surface area contributed by atoms with E-state index in [4.69, 9.17) is 18.9 Å². The summed E-state index contributed by atoms with van der Waals surface area (Å²) in [5.74, 6) is -1.76. The molecule has 16 heteroatoms. The van der Waals surface area contributed by atoms with E-state index in [1.165, 1.54) is 31.7 Å². The topological polar surface area (TPSA) is 190 Å². The van der Waals surface area contributed by atoms with Crippen molar-refractivity contribution in [1.29, 1.82) is 0 Å². The number of carbonyl (C=O) groups is 3. The Kier molecular flexibility index (Phi) is 12.0. The lowest BCUT2D eigenvalue weighted by Gasteiger charge is -2.24. The van der Waals surface area contributed by atoms with Crippen LogP contribution in [-0.4, -0.2) is 83.1 Å². The molecule has 1 fully saturated rings. The predicted molar refractivity (Wildman–Crippen MR) is 186 cm³/mol. The third kappa shape index (κ3) is 9.65. The van der Waals surface area contributed by atoms with Crippen molar-refractivity contribution in [1.82, 2.24) is 24.2 Å². The number of rotatable bonds is 15. The zero-order chi connectivity index (χ0) is 36.7. The van der Waals surface area contributed by atoms with Gasteiger partial charge in [-0.2, -0.15) is 0 Å². The number of esters is 3. The van der Waals surface area contributed by atoms with Gasteiger partial charge in [0.15, 0.2) is 35.4 Å². The summed E-state index contributed by atoms with van der Waals surface area (Å²) in [4.78, 5) is 50.1. The molecule has 1 aliphatic rings. The van der Waals surface area contributed by atoms with Gasteiger partial charge in [-0.05, 0) is 17.0 Å². The van der Waals surface area contributed by atoms with E-state index in [0.29, 0.717) is 17.9 Å². The van der Waals surface area contributed by atoms with Crippen molar-refractivity contribution in [3.05, 3.63) is 83.9 Å². The zero-order valence-electron chi connectivity index (χ0n) is 29.0. The number of sulfonamides is 1. The molecule has 5 rings (SSSR count). The fourth-order valence-electron chi connectivity index (χ4n) is 5.94. The van der Waals surface area contributed by atoms with Gasteiger partial charge in [0.2, 0.25) is 10.0 Å². The maximum absolute atomic E-state index is 12.8. The van der Waals surface area contributed by atoms with Gasteiger partial charge in [-0.1, -0.05) is 74.5 Å². The number of benzene rings is 2. The summed E-state index contributed by atoms with van der Waals surface area (Å²) in [6, 6.07) is 19.9. The van der Waals surface area contributed by atoms with Gasteiger partial charge < -0.3 is 24.3 Å². The van der Waals surface area contributed by atoms with Crippen molar-refractivity contribution in [3.8, 4) is 0 Å². The van der Waals surface area contributed by atoms with Gasteiger partial charge in [-0.25, -0.2) is 28.1 Å². The molecule has 1 saturated heterocycles. The van der Waals surface area contributed by atoms with Crippen LogP contribution in [0.15, 0.2) is 67.0 Å². The van der Waals surface area contributed by atoms with Crippen molar-refractivity contribution in [2.45, 2.75) is 71.6 Å². The maximum atomic E-state index is 12.8. The Labute approximate surface area is 296 Å². The number of aromatic nitrogens is 4. The molecule has 4 atom stereocenters. The molecule has 4 aromatic rings. The standard InChI is InChI=1S/C35H42N6O9S/c1-21(2)19-51(45,46)38-17-29-39-33(36-16-27(25-12-8-6-9-13-25)26-14-10-7-11-15-26)30-34(40-29)41(20-37-30)35-32(49-24(5)44)31(48-23(4)43)28(50-35)18-47-22(3)42/h6-15,20-21,27-28,31-32,35,38H,16-19H2,1-5H3,(H,36,39,40)/t28-,31+,32+,35+/m0/s1. The first-order chi connectivity index (χ1) is 24.3. The van der Waals surface area contributed by atoms with E-state index in [2.05, 4.69) is 25.0 Å². The Balaban J connectivity index is 1.57. The van der Waals surface area contributed by atoms with E-state index >= 15 is 0 Å². The molecule has 0 bridgehead atoms. The molecule has 0 spiro atoms. The zero-order valence-corrected chi connectivity index (χ0v) is 29.8. The van der Waals surface area contributed by atoms with Gasteiger partial charge in [0, 0.05) is 33.2 Å². The summed E-state index contributed by atoms with van der Waals surface area (Å²) >= 11 is 0. The molecule has 15 nitrogen and oxygen atoms in total. The minimum absolute atomic E-state index is 0.0879. The summed E-state index contributed by atoms with van der Waals surface area (Å²) in [5, 5.41) is 3.42. The SMILES string of the molecule is CC(=O)OC[C@@H]1O[C@@H](n2cnc3c(NCC(c4ccccc4)c4ccccc4)nc(CNS(=O)(=O)CC(C)C)nc32)[C@H](OC(C)=O)[C@@H]1OC(C)=O. The summed E-state index contributed by atoms with van der Waals surface area (Å²) in [7, 11) is -3.66. The lowest BCUT2D eigenvalue weighted by atomic mass is 9.91. The Morgan fingerprint density at radius 2 is 1.49 bits per heavy atom. The molecule has 272 valence electrons. The van der Waals surface area contributed by atoms with Crippen molar-refractivity contribution in [3.63, 3.8) is 0 Å². The van der Waals surface area contributed by atoms with Crippen LogP contribution in [-0.2, 0) is 49.9 Å². The lowest BCUT2D eigenvalue weighted by Crippen LogP contribution is -2.40. The fraction of sp³-hybridized carbons (Fsp3) is 0.429. The molecule has 1 aliphatic heterocycles. The monoisotopic (exact) mass is 722 g/mol. The van der Waals surface area contributed by atoms with Crippen molar-refractivity contribution in [2.24, 2.45) is 5.92 Å². The van der Waals surface area contributed by atoms with Crippen LogP contribution in [0.25, 0.3) is 11.2 Å². The second kappa shape index (κ2) is 16.4. The minimum atomic E-state index is -3.66. The van der Waals surface area contributed by atoms with Crippen molar-refractivity contribution in [2.75, 3.05) is 24.2 Å².